The molecular weight excluding hydrogens is 280 g/mol. The number of fused-ring (bicyclic) bond motifs is 1. The fraction of sp³-hybridized carbons (Fsp3) is 0.500. The van der Waals surface area contributed by atoms with Crippen molar-refractivity contribution >= 4 is 17.6 Å². The van der Waals surface area contributed by atoms with Gasteiger partial charge in [0.25, 0.3) is 0 Å². The summed E-state index contributed by atoms with van der Waals surface area (Å²) in [5, 5.41) is 3.50. The molecule has 1 aromatic carbocycles. The highest BCUT2D eigenvalue weighted by molar-refractivity contribution is 6.04. The van der Waals surface area contributed by atoms with Crippen molar-refractivity contribution in [1.29, 1.82) is 0 Å². The smallest absolute Gasteiger partial charge is 0.410 e. The third-order valence-electron chi connectivity index (χ3n) is 4.09. The minimum Gasteiger partial charge on any atom is -0.447 e. The summed E-state index contributed by atoms with van der Waals surface area (Å²) >= 11 is 0. The second kappa shape index (κ2) is 5.51. The summed E-state index contributed by atoms with van der Waals surface area (Å²) in [5.41, 5.74) is 7.65. The number of rotatable bonds is 1. The van der Waals surface area contributed by atoms with Gasteiger partial charge in [-0.15, -0.1) is 0 Å². The van der Waals surface area contributed by atoms with Gasteiger partial charge in [0.05, 0.1) is 6.10 Å². The highest BCUT2D eigenvalue weighted by atomic mass is 16.6. The van der Waals surface area contributed by atoms with E-state index >= 15 is 0 Å². The van der Waals surface area contributed by atoms with Crippen molar-refractivity contribution < 1.29 is 9.53 Å². The average Bonchev–Trinajstić information content (AvgIpc) is 2.47. The first-order valence-corrected chi connectivity index (χ1v) is 7.68. The van der Waals surface area contributed by atoms with Crippen molar-refractivity contribution in [2.24, 2.45) is 10.7 Å². The summed E-state index contributed by atoms with van der Waals surface area (Å²) in [6.07, 6.45) is 1.08. The molecular formula is C16H22N4O2. The molecule has 1 aromatic rings. The molecule has 0 aliphatic carbocycles. The lowest BCUT2D eigenvalue weighted by atomic mass is 9.94. The molecule has 1 fully saturated rings. The summed E-state index contributed by atoms with van der Waals surface area (Å²) in [7, 11) is 0. The van der Waals surface area contributed by atoms with Crippen LogP contribution in [0.3, 0.4) is 0 Å². The zero-order valence-electron chi connectivity index (χ0n) is 13.0. The Hall–Kier alpha value is -2.24. The van der Waals surface area contributed by atoms with Gasteiger partial charge in [0.2, 0.25) is 0 Å². The maximum absolute atomic E-state index is 12.0. The number of likely N-dealkylation sites (tertiary alicyclic amines) is 1. The molecule has 0 bridgehead atoms. The summed E-state index contributed by atoms with van der Waals surface area (Å²) in [5.74, 6) is 0.563. The second-order valence-electron chi connectivity index (χ2n) is 6.12. The van der Waals surface area contributed by atoms with Crippen LogP contribution in [0.1, 0.15) is 32.3 Å². The average molecular weight is 302 g/mol. The third-order valence-corrected chi connectivity index (χ3v) is 4.09. The Balaban J connectivity index is 1.71. The standard InChI is InChI=1S/C16H22N4O2/c1-11(2)22-15(21)20-9-7-16(8-10-20)18-13-6-4-3-5-12(13)14(17)19-16/h3-6,11,18H,7-10H2,1-2H3,(H2,17,19). The largest absolute Gasteiger partial charge is 0.447 e. The quantitative estimate of drug-likeness (QED) is 0.833. The highest BCUT2D eigenvalue weighted by Crippen LogP contribution is 2.34. The van der Waals surface area contributed by atoms with Crippen LogP contribution in [0.5, 0.6) is 0 Å². The SMILES string of the molecule is CC(C)OC(=O)N1CCC2(CC1)N=C(N)c1ccccc1N2. The normalized spacial score (nSPS) is 19.4. The first-order chi connectivity index (χ1) is 10.5. The van der Waals surface area contributed by atoms with Crippen LogP contribution in [-0.2, 0) is 4.74 Å². The number of aliphatic imine (C=N–C) groups is 1. The summed E-state index contributed by atoms with van der Waals surface area (Å²) < 4.78 is 5.25. The summed E-state index contributed by atoms with van der Waals surface area (Å²) in [6.45, 7) is 4.93. The third kappa shape index (κ3) is 2.73. The van der Waals surface area contributed by atoms with Gasteiger partial charge in [-0.25, -0.2) is 9.79 Å². The minimum atomic E-state index is -0.410. The molecule has 0 atom stereocenters. The van der Waals surface area contributed by atoms with Gasteiger partial charge in [0.1, 0.15) is 11.5 Å². The fourth-order valence-electron chi connectivity index (χ4n) is 2.96. The fourth-order valence-corrected chi connectivity index (χ4v) is 2.96. The van der Waals surface area contributed by atoms with Crippen molar-refractivity contribution in [1.82, 2.24) is 4.90 Å². The van der Waals surface area contributed by atoms with Crippen LogP contribution >= 0.6 is 0 Å². The van der Waals surface area contributed by atoms with E-state index in [0.29, 0.717) is 18.9 Å². The van der Waals surface area contributed by atoms with E-state index in [4.69, 9.17) is 10.5 Å². The number of hydrogen-bond donors (Lipinski definition) is 2. The van der Waals surface area contributed by atoms with Crippen molar-refractivity contribution in [3.63, 3.8) is 0 Å². The van der Waals surface area contributed by atoms with E-state index in [1.54, 1.807) is 4.90 Å². The number of nitrogens with zero attached hydrogens (tertiary/aromatic N) is 2. The molecule has 1 saturated heterocycles. The summed E-state index contributed by atoms with van der Waals surface area (Å²) in [6, 6.07) is 7.90. The Bertz CT molecular complexity index is 604. The first-order valence-electron chi connectivity index (χ1n) is 7.68. The molecule has 3 N–H and O–H groups in total. The molecule has 0 unspecified atom stereocenters. The lowest BCUT2D eigenvalue weighted by Gasteiger charge is -2.42. The van der Waals surface area contributed by atoms with Gasteiger partial charge in [-0.2, -0.15) is 0 Å². The van der Waals surface area contributed by atoms with Crippen molar-refractivity contribution in [2.75, 3.05) is 18.4 Å². The lowest BCUT2D eigenvalue weighted by molar-refractivity contribution is 0.0646. The van der Waals surface area contributed by atoms with Gasteiger partial charge in [0, 0.05) is 37.2 Å². The van der Waals surface area contributed by atoms with Gasteiger partial charge < -0.3 is 20.7 Å². The van der Waals surface area contributed by atoms with Crippen LogP contribution in [0.4, 0.5) is 10.5 Å². The van der Waals surface area contributed by atoms with Crippen LogP contribution in [-0.4, -0.2) is 41.7 Å². The van der Waals surface area contributed by atoms with Gasteiger partial charge >= 0.3 is 6.09 Å². The Labute approximate surface area is 130 Å². The number of carbonyl (C=O) groups excluding carboxylic acids is 1. The molecule has 0 aromatic heterocycles. The molecule has 1 amide bonds. The van der Waals surface area contributed by atoms with E-state index in [-0.39, 0.29) is 12.2 Å². The van der Waals surface area contributed by atoms with Crippen LogP contribution in [0.2, 0.25) is 0 Å². The van der Waals surface area contributed by atoms with Crippen molar-refractivity contribution in [3.8, 4) is 0 Å². The number of amides is 1. The molecule has 2 aliphatic heterocycles. The number of para-hydroxylation sites is 1. The molecule has 2 aliphatic rings. The molecule has 3 rings (SSSR count). The number of hydrogen-bond acceptors (Lipinski definition) is 5. The Morgan fingerprint density at radius 3 is 2.73 bits per heavy atom. The molecule has 1 spiro atoms. The highest BCUT2D eigenvalue weighted by Gasteiger charge is 2.39. The minimum absolute atomic E-state index is 0.100. The van der Waals surface area contributed by atoms with Crippen LogP contribution in [0, 0.1) is 0 Å². The molecule has 6 nitrogen and oxygen atoms in total. The van der Waals surface area contributed by atoms with Crippen LogP contribution in [0.25, 0.3) is 0 Å². The number of benzene rings is 1. The Morgan fingerprint density at radius 1 is 1.36 bits per heavy atom. The first kappa shape index (κ1) is 14.7. The number of piperidine rings is 1. The zero-order chi connectivity index (χ0) is 15.7. The maximum Gasteiger partial charge on any atom is 0.410 e. The number of nitrogens with two attached hydrogens (primary N) is 1. The predicted octanol–water partition coefficient (Wildman–Crippen LogP) is 2.15. The molecule has 22 heavy (non-hydrogen) atoms. The van der Waals surface area contributed by atoms with E-state index in [9.17, 15) is 4.79 Å². The number of amidine groups is 1. The number of carbonyl (C=O) groups is 1. The van der Waals surface area contributed by atoms with E-state index < -0.39 is 5.66 Å². The molecule has 2 heterocycles. The van der Waals surface area contributed by atoms with Gasteiger partial charge in [-0.05, 0) is 26.0 Å². The lowest BCUT2D eigenvalue weighted by Crippen LogP contribution is -2.52. The van der Waals surface area contributed by atoms with Crippen LogP contribution < -0.4 is 11.1 Å². The summed E-state index contributed by atoms with van der Waals surface area (Å²) in [4.78, 5) is 18.4. The topological polar surface area (TPSA) is 80.0 Å². The van der Waals surface area contributed by atoms with Crippen LogP contribution in [0.15, 0.2) is 29.3 Å². The van der Waals surface area contributed by atoms with Gasteiger partial charge in [-0.3, -0.25) is 0 Å². The predicted molar refractivity (Wildman–Crippen MR) is 85.9 cm³/mol. The number of nitrogens with one attached hydrogen (secondary N) is 1. The molecule has 6 heteroatoms. The van der Waals surface area contributed by atoms with Crippen molar-refractivity contribution in [3.05, 3.63) is 29.8 Å². The van der Waals surface area contributed by atoms with Crippen molar-refractivity contribution in [2.45, 2.75) is 38.5 Å². The second-order valence-corrected chi connectivity index (χ2v) is 6.12. The van der Waals surface area contributed by atoms with E-state index in [0.717, 1.165) is 24.1 Å². The Morgan fingerprint density at radius 2 is 2.05 bits per heavy atom. The monoisotopic (exact) mass is 302 g/mol. The molecule has 118 valence electrons. The zero-order valence-corrected chi connectivity index (χ0v) is 13.0. The van der Waals surface area contributed by atoms with E-state index in [1.807, 2.05) is 38.1 Å². The molecule has 0 saturated carbocycles. The van der Waals surface area contributed by atoms with E-state index in [2.05, 4.69) is 10.3 Å². The number of anilines is 1. The number of ether oxygens (including phenoxy) is 1. The molecule has 0 radical (unpaired) electrons. The Kier molecular flexibility index (Phi) is 3.68. The van der Waals surface area contributed by atoms with Gasteiger partial charge in [-0.1, -0.05) is 12.1 Å². The van der Waals surface area contributed by atoms with Gasteiger partial charge in [0.15, 0.2) is 0 Å². The van der Waals surface area contributed by atoms with E-state index in [1.165, 1.54) is 0 Å². The maximum atomic E-state index is 12.0.